The number of rotatable bonds is 6. The molecule has 3 nitrogen and oxygen atoms in total. The van der Waals surface area contributed by atoms with E-state index in [0.717, 1.165) is 26.1 Å². The molecule has 1 heterocycles. The Hall–Kier alpha value is -0.570. The molecule has 1 unspecified atom stereocenters. The molecule has 2 N–H and O–H groups in total. The lowest BCUT2D eigenvalue weighted by atomic mass is 10.1. The molecule has 0 saturated carbocycles. The quantitative estimate of drug-likeness (QED) is 0.631. The molecule has 1 amide bonds. The van der Waals surface area contributed by atoms with Crippen LogP contribution in [0, 0.1) is 5.92 Å². The molecular formula is C11H22N2O. The first-order chi connectivity index (χ1) is 6.83. The number of carbonyl (C=O) groups excluding carboxylic acids is 1. The highest BCUT2D eigenvalue weighted by molar-refractivity contribution is 5.75. The Morgan fingerprint density at radius 3 is 3.00 bits per heavy atom. The Morgan fingerprint density at radius 1 is 1.50 bits per heavy atom. The van der Waals surface area contributed by atoms with Gasteiger partial charge in [0.1, 0.15) is 0 Å². The van der Waals surface area contributed by atoms with Crippen LogP contribution in [0.1, 0.15) is 39.0 Å². The first-order valence-electron chi connectivity index (χ1n) is 5.80. The summed E-state index contributed by atoms with van der Waals surface area (Å²) in [6, 6.07) is 0. The molecule has 0 aromatic heterocycles. The number of carbonyl (C=O) groups is 1. The van der Waals surface area contributed by atoms with Gasteiger partial charge in [0.05, 0.1) is 0 Å². The van der Waals surface area contributed by atoms with E-state index in [-0.39, 0.29) is 5.91 Å². The highest BCUT2D eigenvalue weighted by Gasteiger charge is 2.14. The van der Waals surface area contributed by atoms with E-state index in [1.807, 2.05) is 0 Å². The lowest BCUT2D eigenvalue weighted by Crippen LogP contribution is -2.29. The summed E-state index contributed by atoms with van der Waals surface area (Å²) in [5, 5.41) is 6.30. The average Bonchev–Trinajstić information content (AvgIpc) is 2.68. The van der Waals surface area contributed by atoms with Crippen molar-refractivity contribution >= 4 is 5.91 Å². The number of hydrogen-bond donors (Lipinski definition) is 2. The summed E-state index contributed by atoms with van der Waals surface area (Å²) in [6.45, 7) is 5.19. The second kappa shape index (κ2) is 6.82. The van der Waals surface area contributed by atoms with E-state index in [0.29, 0.717) is 12.3 Å². The van der Waals surface area contributed by atoms with Crippen molar-refractivity contribution in [2.45, 2.75) is 39.0 Å². The van der Waals surface area contributed by atoms with Gasteiger partial charge in [-0.1, -0.05) is 19.8 Å². The Kier molecular flexibility index (Phi) is 5.60. The van der Waals surface area contributed by atoms with E-state index in [1.54, 1.807) is 0 Å². The number of nitrogens with one attached hydrogen (secondary N) is 2. The molecule has 1 saturated heterocycles. The van der Waals surface area contributed by atoms with Crippen LogP contribution in [0.3, 0.4) is 0 Å². The van der Waals surface area contributed by atoms with Gasteiger partial charge in [-0.2, -0.15) is 0 Å². The SMILES string of the molecule is CCCCCC(=O)NCC1CCNC1. The molecule has 14 heavy (non-hydrogen) atoms. The third-order valence-corrected chi connectivity index (χ3v) is 2.76. The van der Waals surface area contributed by atoms with Gasteiger partial charge in [-0.05, 0) is 31.8 Å². The fourth-order valence-electron chi connectivity index (χ4n) is 1.77. The van der Waals surface area contributed by atoms with Crippen LogP contribution in [0.4, 0.5) is 0 Å². The molecule has 3 heteroatoms. The fraction of sp³-hybridized carbons (Fsp3) is 0.909. The van der Waals surface area contributed by atoms with Crippen LogP contribution in [0.15, 0.2) is 0 Å². The molecule has 82 valence electrons. The Bertz CT molecular complexity index is 165. The van der Waals surface area contributed by atoms with Crippen molar-refractivity contribution in [1.29, 1.82) is 0 Å². The third-order valence-electron chi connectivity index (χ3n) is 2.76. The fourth-order valence-corrected chi connectivity index (χ4v) is 1.77. The molecule has 1 atom stereocenters. The highest BCUT2D eigenvalue weighted by Crippen LogP contribution is 2.05. The van der Waals surface area contributed by atoms with Crippen LogP contribution < -0.4 is 10.6 Å². The molecule has 1 aliphatic rings. The maximum Gasteiger partial charge on any atom is 0.220 e. The van der Waals surface area contributed by atoms with Crippen LogP contribution >= 0.6 is 0 Å². The zero-order valence-electron chi connectivity index (χ0n) is 9.14. The Labute approximate surface area is 86.6 Å². The summed E-state index contributed by atoms with van der Waals surface area (Å²) in [7, 11) is 0. The zero-order valence-corrected chi connectivity index (χ0v) is 9.14. The summed E-state index contributed by atoms with van der Waals surface area (Å²) in [5.74, 6) is 0.885. The smallest absolute Gasteiger partial charge is 0.220 e. The summed E-state index contributed by atoms with van der Waals surface area (Å²) in [4.78, 5) is 11.3. The van der Waals surface area contributed by atoms with E-state index in [4.69, 9.17) is 0 Å². The number of amides is 1. The minimum Gasteiger partial charge on any atom is -0.356 e. The van der Waals surface area contributed by atoms with Gasteiger partial charge in [0.2, 0.25) is 5.91 Å². The normalized spacial score (nSPS) is 21.1. The van der Waals surface area contributed by atoms with Gasteiger partial charge in [0.25, 0.3) is 0 Å². The van der Waals surface area contributed by atoms with Crippen LogP contribution in [0.5, 0.6) is 0 Å². The van der Waals surface area contributed by atoms with Crippen LogP contribution in [-0.4, -0.2) is 25.5 Å². The van der Waals surface area contributed by atoms with E-state index in [1.165, 1.54) is 19.3 Å². The van der Waals surface area contributed by atoms with Crippen molar-refractivity contribution in [3.63, 3.8) is 0 Å². The standard InChI is InChI=1S/C11H22N2O/c1-2-3-4-5-11(14)13-9-10-6-7-12-8-10/h10,12H,2-9H2,1H3,(H,13,14). The van der Waals surface area contributed by atoms with Crippen LogP contribution in [-0.2, 0) is 4.79 Å². The molecule has 0 aliphatic carbocycles. The maximum atomic E-state index is 11.3. The van der Waals surface area contributed by atoms with Gasteiger partial charge in [-0.15, -0.1) is 0 Å². The van der Waals surface area contributed by atoms with Gasteiger partial charge in [0, 0.05) is 13.0 Å². The summed E-state index contributed by atoms with van der Waals surface area (Å²) < 4.78 is 0. The first-order valence-corrected chi connectivity index (χ1v) is 5.80. The van der Waals surface area contributed by atoms with Crippen molar-refractivity contribution in [3.05, 3.63) is 0 Å². The predicted molar refractivity (Wildman–Crippen MR) is 58.1 cm³/mol. The zero-order chi connectivity index (χ0) is 10.2. The minimum absolute atomic E-state index is 0.227. The lowest BCUT2D eigenvalue weighted by molar-refractivity contribution is -0.121. The first kappa shape index (κ1) is 11.5. The number of hydrogen-bond acceptors (Lipinski definition) is 2. The van der Waals surface area contributed by atoms with Gasteiger partial charge in [-0.25, -0.2) is 0 Å². The van der Waals surface area contributed by atoms with Gasteiger partial charge < -0.3 is 10.6 Å². The topological polar surface area (TPSA) is 41.1 Å². The molecule has 0 bridgehead atoms. The minimum atomic E-state index is 0.227. The molecule has 0 aromatic carbocycles. The highest BCUT2D eigenvalue weighted by atomic mass is 16.1. The van der Waals surface area contributed by atoms with Crippen molar-refractivity contribution < 1.29 is 4.79 Å². The molecular weight excluding hydrogens is 176 g/mol. The van der Waals surface area contributed by atoms with Crippen molar-refractivity contribution in [1.82, 2.24) is 10.6 Å². The third kappa shape index (κ3) is 4.61. The van der Waals surface area contributed by atoms with E-state index >= 15 is 0 Å². The van der Waals surface area contributed by atoms with Gasteiger partial charge in [-0.3, -0.25) is 4.79 Å². The van der Waals surface area contributed by atoms with E-state index in [9.17, 15) is 4.79 Å². The Balaban J connectivity index is 1.96. The summed E-state index contributed by atoms with van der Waals surface area (Å²) in [6.07, 6.45) is 5.28. The maximum absolute atomic E-state index is 11.3. The van der Waals surface area contributed by atoms with Crippen molar-refractivity contribution in [2.75, 3.05) is 19.6 Å². The summed E-state index contributed by atoms with van der Waals surface area (Å²) >= 11 is 0. The van der Waals surface area contributed by atoms with Gasteiger partial charge >= 0.3 is 0 Å². The van der Waals surface area contributed by atoms with E-state index < -0.39 is 0 Å². The second-order valence-electron chi connectivity index (χ2n) is 4.12. The summed E-state index contributed by atoms with van der Waals surface area (Å²) in [5.41, 5.74) is 0. The van der Waals surface area contributed by atoms with Crippen molar-refractivity contribution in [3.8, 4) is 0 Å². The predicted octanol–water partition coefficient (Wildman–Crippen LogP) is 1.29. The molecule has 1 aliphatic heterocycles. The molecule has 1 fully saturated rings. The molecule has 1 rings (SSSR count). The Morgan fingerprint density at radius 2 is 2.36 bits per heavy atom. The van der Waals surface area contributed by atoms with Crippen LogP contribution in [0.25, 0.3) is 0 Å². The lowest BCUT2D eigenvalue weighted by Gasteiger charge is -2.09. The number of unbranched alkanes of at least 4 members (excludes halogenated alkanes) is 2. The van der Waals surface area contributed by atoms with Crippen LogP contribution in [0.2, 0.25) is 0 Å². The van der Waals surface area contributed by atoms with Gasteiger partial charge in [0.15, 0.2) is 0 Å². The second-order valence-corrected chi connectivity index (χ2v) is 4.12. The molecule has 0 aromatic rings. The molecule has 0 spiro atoms. The van der Waals surface area contributed by atoms with E-state index in [2.05, 4.69) is 17.6 Å². The average molecular weight is 198 g/mol. The molecule has 0 radical (unpaired) electrons. The largest absolute Gasteiger partial charge is 0.356 e. The van der Waals surface area contributed by atoms with Crippen molar-refractivity contribution in [2.24, 2.45) is 5.92 Å². The monoisotopic (exact) mass is 198 g/mol.